The first-order valence-electron chi connectivity index (χ1n) is 6.16. The second-order valence-corrected chi connectivity index (χ2v) is 7.08. The van der Waals surface area contributed by atoms with Crippen molar-refractivity contribution in [1.82, 2.24) is 4.72 Å². The number of halogens is 1. The van der Waals surface area contributed by atoms with Crippen LogP contribution in [-0.4, -0.2) is 13.5 Å². The lowest BCUT2D eigenvalue weighted by atomic mass is 10.1. The lowest BCUT2D eigenvalue weighted by molar-refractivity contribution is 0.282. The van der Waals surface area contributed by atoms with Crippen molar-refractivity contribution in [3.8, 4) is 0 Å². The van der Waals surface area contributed by atoms with Crippen molar-refractivity contribution < 1.29 is 13.5 Å². The summed E-state index contributed by atoms with van der Waals surface area (Å²) in [5.41, 5.74) is 7.67. The van der Waals surface area contributed by atoms with Crippen molar-refractivity contribution in [2.75, 3.05) is 5.73 Å². The average Bonchev–Trinajstić information content (AvgIpc) is 2.45. The van der Waals surface area contributed by atoms with E-state index in [1.54, 1.807) is 30.3 Å². The molecule has 0 saturated carbocycles. The van der Waals surface area contributed by atoms with Crippen molar-refractivity contribution in [2.45, 2.75) is 18.0 Å². The molecule has 0 atom stereocenters. The number of nitrogens with one attached hydrogen (secondary N) is 1. The molecule has 2 rings (SSSR count). The van der Waals surface area contributed by atoms with Crippen LogP contribution < -0.4 is 10.5 Å². The van der Waals surface area contributed by atoms with Gasteiger partial charge in [0.15, 0.2) is 0 Å². The summed E-state index contributed by atoms with van der Waals surface area (Å²) in [4.78, 5) is 0.142. The molecule has 0 amide bonds. The summed E-state index contributed by atoms with van der Waals surface area (Å²) in [5, 5.41) is 8.96. The Kier molecular flexibility index (Phi) is 5.00. The molecule has 0 saturated heterocycles. The highest BCUT2D eigenvalue weighted by atomic mass is 79.9. The van der Waals surface area contributed by atoms with Gasteiger partial charge in [0, 0.05) is 16.7 Å². The smallest absolute Gasteiger partial charge is 0.241 e. The van der Waals surface area contributed by atoms with Gasteiger partial charge in [-0.25, -0.2) is 13.1 Å². The van der Waals surface area contributed by atoms with Gasteiger partial charge in [-0.15, -0.1) is 0 Å². The molecule has 0 heterocycles. The van der Waals surface area contributed by atoms with Crippen LogP contribution in [0.1, 0.15) is 11.1 Å². The summed E-state index contributed by atoms with van der Waals surface area (Å²) in [6, 6.07) is 11.6. The zero-order chi connectivity index (χ0) is 15.5. The van der Waals surface area contributed by atoms with Crippen molar-refractivity contribution >= 4 is 31.6 Å². The maximum Gasteiger partial charge on any atom is 0.241 e. The van der Waals surface area contributed by atoms with Gasteiger partial charge in [-0.05, 0) is 45.3 Å². The molecule has 2 aromatic carbocycles. The fraction of sp³-hybridized carbons (Fsp3) is 0.143. The van der Waals surface area contributed by atoms with Crippen LogP contribution >= 0.6 is 15.9 Å². The van der Waals surface area contributed by atoms with Crippen molar-refractivity contribution in [3.05, 3.63) is 58.1 Å². The van der Waals surface area contributed by atoms with E-state index in [0.717, 1.165) is 11.1 Å². The molecule has 21 heavy (non-hydrogen) atoms. The van der Waals surface area contributed by atoms with Crippen LogP contribution in [0.4, 0.5) is 5.69 Å². The van der Waals surface area contributed by atoms with E-state index in [-0.39, 0.29) is 18.0 Å². The number of rotatable bonds is 5. The first-order chi connectivity index (χ1) is 9.92. The van der Waals surface area contributed by atoms with Crippen LogP contribution in [0.25, 0.3) is 0 Å². The number of nitrogen functional groups attached to an aromatic ring is 1. The zero-order valence-electron chi connectivity index (χ0n) is 11.1. The van der Waals surface area contributed by atoms with Gasteiger partial charge >= 0.3 is 0 Å². The molecule has 0 aliphatic carbocycles. The minimum absolute atomic E-state index is 0.0373. The van der Waals surface area contributed by atoms with Crippen molar-refractivity contribution in [2.24, 2.45) is 0 Å². The van der Waals surface area contributed by atoms with Crippen LogP contribution in [0.5, 0.6) is 0 Å². The van der Waals surface area contributed by atoms with E-state index in [9.17, 15) is 8.42 Å². The minimum atomic E-state index is -3.62. The molecule has 4 N–H and O–H groups in total. The number of hydrogen-bond donors (Lipinski definition) is 3. The molecule has 5 nitrogen and oxygen atoms in total. The Morgan fingerprint density at radius 3 is 2.29 bits per heavy atom. The molecule has 0 radical (unpaired) electrons. The fourth-order valence-electron chi connectivity index (χ4n) is 1.75. The molecule has 0 spiro atoms. The highest BCUT2D eigenvalue weighted by Gasteiger charge is 2.17. The molecule has 0 aromatic heterocycles. The second-order valence-electron chi connectivity index (χ2n) is 4.49. The summed E-state index contributed by atoms with van der Waals surface area (Å²) < 4.78 is 27.4. The Labute approximate surface area is 132 Å². The average molecular weight is 371 g/mol. The van der Waals surface area contributed by atoms with Gasteiger partial charge in [0.05, 0.1) is 11.5 Å². The summed E-state index contributed by atoms with van der Waals surface area (Å²) >= 11 is 3.20. The molecule has 0 fully saturated rings. The zero-order valence-corrected chi connectivity index (χ0v) is 13.5. The molecular formula is C14H15BrN2O3S. The standard InChI is InChI=1S/C14H15BrN2O3S/c15-13-7-12(16)5-6-14(13)21(19,20)17-8-10-1-3-11(9-18)4-2-10/h1-7,17-18H,8-9,16H2. The SMILES string of the molecule is Nc1ccc(S(=O)(=O)NCc2ccc(CO)cc2)c(Br)c1. The van der Waals surface area contributed by atoms with E-state index < -0.39 is 10.0 Å². The highest BCUT2D eigenvalue weighted by molar-refractivity contribution is 9.10. The van der Waals surface area contributed by atoms with E-state index in [1.165, 1.54) is 12.1 Å². The number of aliphatic hydroxyl groups is 1. The molecular weight excluding hydrogens is 356 g/mol. The Bertz CT molecular complexity index is 730. The number of nitrogens with two attached hydrogens (primary N) is 1. The largest absolute Gasteiger partial charge is 0.399 e. The lowest BCUT2D eigenvalue weighted by Crippen LogP contribution is -2.23. The van der Waals surface area contributed by atoms with Crippen LogP contribution in [-0.2, 0) is 23.2 Å². The van der Waals surface area contributed by atoms with E-state index in [2.05, 4.69) is 20.7 Å². The predicted molar refractivity (Wildman–Crippen MR) is 84.9 cm³/mol. The second kappa shape index (κ2) is 6.57. The number of anilines is 1. The van der Waals surface area contributed by atoms with Gasteiger partial charge in [-0.2, -0.15) is 0 Å². The first kappa shape index (κ1) is 16.0. The molecule has 0 aliphatic heterocycles. The van der Waals surface area contributed by atoms with Gasteiger partial charge in [-0.1, -0.05) is 24.3 Å². The Morgan fingerprint density at radius 2 is 1.71 bits per heavy atom. The lowest BCUT2D eigenvalue weighted by Gasteiger charge is -2.09. The molecule has 112 valence electrons. The van der Waals surface area contributed by atoms with Gasteiger partial charge in [0.25, 0.3) is 0 Å². The van der Waals surface area contributed by atoms with Gasteiger partial charge in [-0.3, -0.25) is 0 Å². The molecule has 7 heteroatoms. The summed E-state index contributed by atoms with van der Waals surface area (Å²) in [6.45, 7) is 0.134. The summed E-state index contributed by atoms with van der Waals surface area (Å²) in [6.07, 6.45) is 0. The predicted octanol–water partition coefficient (Wildman–Crippen LogP) is 2.00. The molecule has 0 aliphatic rings. The number of hydrogen-bond acceptors (Lipinski definition) is 4. The minimum Gasteiger partial charge on any atom is -0.399 e. The monoisotopic (exact) mass is 370 g/mol. The van der Waals surface area contributed by atoms with E-state index in [1.807, 2.05) is 0 Å². The van der Waals surface area contributed by atoms with Crippen LogP contribution in [0.15, 0.2) is 51.8 Å². The number of sulfonamides is 1. The molecule has 0 unspecified atom stereocenters. The first-order valence-corrected chi connectivity index (χ1v) is 8.43. The van der Waals surface area contributed by atoms with Gasteiger partial charge in [0.2, 0.25) is 10.0 Å². The van der Waals surface area contributed by atoms with Crippen LogP contribution in [0.2, 0.25) is 0 Å². The third-order valence-electron chi connectivity index (χ3n) is 2.92. The third kappa shape index (κ3) is 4.04. The quantitative estimate of drug-likeness (QED) is 0.701. The van der Waals surface area contributed by atoms with Crippen LogP contribution in [0, 0.1) is 0 Å². The van der Waals surface area contributed by atoms with Crippen LogP contribution in [0.3, 0.4) is 0 Å². The number of benzene rings is 2. The Morgan fingerprint density at radius 1 is 1.10 bits per heavy atom. The van der Waals surface area contributed by atoms with Gasteiger partial charge in [0.1, 0.15) is 0 Å². The highest BCUT2D eigenvalue weighted by Crippen LogP contribution is 2.24. The molecule has 0 bridgehead atoms. The maximum absolute atomic E-state index is 12.2. The van der Waals surface area contributed by atoms with E-state index in [0.29, 0.717) is 10.2 Å². The molecule has 2 aromatic rings. The summed E-state index contributed by atoms with van der Waals surface area (Å²) in [7, 11) is -3.62. The maximum atomic E-state index is 12.2. The van der Waals surface area contributed by atoms with Gasteiger partial charge < -0.3 is 10.8 Å². The third-order valence-corrected chi connectivity index (χ3v) is 5.30. The normalized spacial score (nSPS) is 11.5. The Hall–Kier alpha value is -1.41. The topological polar surface area (TPSA) is 92.4 Å². The van der Waals surface area contributed by atoms with Crippen molar-refractivity contribution in [3.63, 3.8) is 0 Å². The Balaban J connectivity index is 2.13. The summed E-state index contributed by atoms with van der Waals surface area (Å²) in [5.74, 6) is 0. The number of aliphatic hydroxyl groups excluding tert-OH is 1. The van der Waals surface area contributed by atoms with E-state index in [4.69, 9.17) is 10.8 Å². The fourth-order valence-corrected chi connectivity index (χ4v) is 3.86. The van der Waals surface area contributed by atoms with Crippen molar-refractivity contribution in [1.29, 1.82) is 0 Å². The van der Waals surface area contributed by atoms with E-state index >= 15 is 0 Å².